The van der Waals surface area contributed by atoms with Crippen molar-refractivity contribution < 1.29 is 14.6 Å². The lowest BCUT2D eigenvalue weighted by Gasteiger charge is -2.26. The molecule has 0 spiro atoms. The Kier molecular flexibility index (Phi) is 3.69. The molecule has 4 nitrogen and oxygen atoms in total. The molecule has 1 rings (SSSR count). The molecule has 2 N–H and O–H groups in total. The fourth-order valence-electron chi connectivity index (χ4n) is 1.92. The second-order valence-electron chi connectivity index (χ2n) is 3.43. The molecule has 0 unspecified atom stereocenters. The van der Waals surface area contributed by atoms with E-state index in [9.17, 15) is 4.79 Å². The third-order valence-electron chi connectivity index (χ3n) is 2.61. The Morgan fingerprint density at radius 1 is 1.54 bits per heavy atom. The van der Waals surface area contributed by atoms with E-state index in [0.717, 1.165) is 25.7 Å². The van der Waals surface area contributed by atoms with Crippen molar-refractivity contribution in [1.29, 1.82) is 0 Å². The molecule has 0 aliphatic heterocycles. The summed E-state index contributed by atoms with van der Waals surface area (Å²) in [6.45, 7) is 0.508. The van der Waals surface area contributed by atoms with E-state index in [1.54, 1.807) is 0 Å². The Bertz CT molecular complexity index is 176. The lowest BCUT2D eigenvalue weighted by Crippen LogP contribution is -2.51. The predicted octanol–water partition coefficient (Wildman–Crippen LogP) is 0.0541. The topological polar surface area (TPSA) is 58.6 Å². The van der Waals surface area contributed by atoms with Crippen molar-refractivity contribution in [3.05, 3.63) is 0 Å². The van der Waals surface area contributed by atoms with Crippen LogP contribution >= 0.6 is 0 Å². The van der Waals surface area contributed by atoms with Crippen molar-refractivity contribution in [2.45, 2.75) is 31.2 Å². The Hall–Kier alpha value is -0.610. The van der Waals surface area contributed by atoms with Crippen LogP contribution in [-0.4, -0.2) is 36.9 Å². The number of esters is 1. The molecular weight excluding hydrogens is 170 g/mol. The van der Waals surface area contributed by atoms with Gasteiger partial charge in [0.1, 0.15) is 5.54 Å². The van der Waals surface area contributed by atoms with Crippen LogP contribution in [0.2, 0.25) is 0 Å². The molecule has 0 aromatic heterocycles. The van der Waals surface area contributed by atoms with Gasteiger partial charge in [-0.3, -0.25) is 10.1 Å². The summed E-state index contributed by atoms with van der Waals surface area (Å²) in [6.07, 6.45) is 3.74. The van der Waals surface area contributed by atoms with Crippen molar-refractivity contribution in [1.82, 2.24) is 5.32 Å². The molecule has 0 aromatic carbocycles. The van der Waals surface area contributed by atoms with Gasteiger partial charge in [-0.15, -0.1) is 0 Å². The number of carbonyl (C=O) groups is 1. The van der Waals surface area contributed by atoms with Gasteiger partial charge in [-0.2, -0.15) is 0 Å². The smallest absolute Gasteiger partial charge is 0.326 e. The Morgan fingerprint density at radius 3 is 2.62 bits per heavy atom. The molecule has 0 bridgehead atoms. The number of carbonyl (C=O) groups excluding carboxylic acids is 1. The highest BCUT2D eigenvalue weighted by molar-refractivity contribution is 5.81. The molecule has 0 heterocycles. The van der Waals surface area contributed by atoms with Crippen LogP contribution in [0, 0.1) is 0 Å². The van der Waals surface area contributed by atoms with Crippen molar-refractivity contribution in [2.24, 2.45) is 0 Å². The Balaban J connectivity index is 2.57. The summed E-state index contributed by atoms with van der Waals surface area (Å²) in [5, 5.41) is 11.8. The van der Waals surface area contributed by atoms with Gasteiger partial charge in [-0.25, -0.2) is 0 Å². The van der Waals surface area contributed by atoms with Crippen LogP contribution in [0.15, 0.2) is 0 Å². The highest BCUT2D eigenvalue weighted by Gasteiger charge is 2.41. The Labute approximate surface area is 78.3 Å². The summed E-state index contributed by atoms with van der Waals surface area (Å²) in [5.41, 5.74) is -0.516. The van der Waals surface area contributed by atoms with Gasteiger partial charge < -0.3 is 9.84 Å². The zero-order valence-electron chi connectivity index (χ0n) is 8.01. The van der Waals surface area contributed by atoms with Gasteiger partial charge in [0, 0.05) is 6.54 Å². The fraction of sp³-hybridized carbons (Fsp3) is 0.889. The first-order valence-electron chi connectivity index (χ1n) is 4.69. The third-order valence-corrected chi connectivity index (χ3v) is 2.61. The van der Waals surface area contributed by atoms with Gasteiger partial charge in [0.15, 0.2) is 0 Å². The first-order valence-corrected chi connectivity index (χ1v) is 4.69. The summed E-state index contributed by atoms with van der Waals surface area (Å²) in [7, 11) is 1.41. The van der Waals surface area contributed by atoms with E-state index in [4.69, 9.17) is 9.84 Å². The number of aliphatic hydroxyl groups excluding tert-OH is 1. The van der Waals surface area contributed by atoms with E-state index in [-0.39, 0.29) is 12.6 Å². The molecule has 0 atom stereocenters. The molecule has 76 valence electrons. The van der Waals surface area contributed by atoms with Crippen LogP contribution in [0.3, 0.4) is 0 Å². The molecule has 1 fully saturated rings. The number of hydrogen-bond donors (Lipinski definition) is 2. The number of rotatable bonds is 4. The van der Waals surface area contributed by atoms with Gasteiger partial charge in [-0.05, 0) is 12.8 Å². The molecular formula is C9H17NO3. The highest BCUT2D eigenvalue weighted by Crippen LogP contribution is 2.30. The maximum atomic E-state index is 11.5. The lowest BCUT2D eigenvalue weighted by molar-refractivity contribution is -0.148. The minimum atomic E-state index is -0.516. The van der Waals surface area contributed by atoms with E-state index < -0.39 is 5.54 Å². The van der Waals surface area contributed by atoms with Gasteiger partial charge in [-0.1, -0.05) is 12.8 Å². The van der Waals surface area contributed by atoms with Gasteiger partial charge >= 0.3 is 5.97 Å². The predicted molar refractivity (Wildman–Crippen MR) is 48.3 cm³/mol. The number of aliphatic hydroxyl groups is 1. The molecule has 0 aromatic rings. The second-order valence-corrected chi connectivity index (χ2v) is 3.43. The van der Waals surface area contributed by atoms with Crippen LogP contribution < -0.4 is 5.32 Å². The van der Waals surface area contributed by atoms with Crippen LogP contribution in [0.25, 0.3) is 0 Å². The molecule has 0 radical (unpaired) electrons. The van der Waals surface area contributed by atoms with E-state index in [0.29, 0.717) is 6.54 Å². The van der Waals surface area contributed by atoms with Gasteiger partial charge in [0.2, 0.25) is 0 Å². The summed E-state index contributed by atoms with van der Waals surface area (Å²) < 4.78 is 4.75. The maximum absolute atomic E-state index is 11.5. The molecule has 4 heteroatoms. The van der Waals surface area contributed by atoms with Crippen LogP contribution in [0.1, 0.15) is 25.7 Å². The van der Waals surface area contributed by atoms with E-state index in [1.807, 2.05) is 0 Å². The summed E-state index contributed by atoms with van der Waals surface area (Å²) in [5.74, 6) is -0.196. The van der Waals surface area contributed by atoms with E-state index >= 15 is 0 Å². The largest absolute Gasteiger partial charge is 0.468 e. The first-order chi connectivity index (χ1) is 6.25. The minimum absolute atomic E-state index is 0.0543. The zero-order valence-corrected chi connectivity index (χ0v) is 8.01. The summed E-state index contributed by atoms with van der Waals surface area (Å²) >= 11 is 0. The zero-order chi connectivity index (χ0) is 9.73. The van der Waals surface area contributed by atoms with Crippen LogP contribution in [0.5, 0.6) is 0 Å². The summed E-state index contributed by atoms with van der Waals surface area (Å²) in [6, 6.07) is 0. The van der Waals surface area contributed by atoms with Gasteiger partial charge in [0.25, 0.3) is 0 Å². The fourth-order valence-corrected chi connectivity index (χ4v) is 1.92. The first kappa shape index (κ1) is 10.5. The number of hydrogen-bond acceptors (Lipinski definition) is 4. The highest BCUT2D eigenvalue weighted by atomic mass is 16.5. The number of β-amino-alcohol motifs (C(OH)–C–C–N with tert-alkyl or cyclic N) is 1. The average Bonchev–Trinajstić information content (AvgIpc) is 2.63. The van der Waals surface area contributed by atoms with Gasteiger partial charge in [0.05, 0.1) is 13.7 Å². The molecule has 1 saturated carbocycles. The molecule has 13 heavy (non-hydrogen) atoms. The Morgan fingerprint density at radius 2 is 2.15 bits per heavy atom. The minimum Gasteiger partial charge on any atom is -0.468 e. The third kappa shape index (κ3) is 2.19. The monoisotopic (exact) mass is 187 g/mol. The average molecular weight is 187 g/mol. The quantitative estimate of drug-likeness (QED) is 0.611. The van der Waals surface area contributed by atoms with Crippen molar-refractivity contribution in [3.63, 3.8) is 0 Å². The number of methoxy groups -OCH3 is 1. The SMILES string of the molecule is COC(=O)C1(NCCO)CCCC1. The van der Waals surface area contributed by atoms with Crippen LogP contribution in [0.4, 0.5) is 0 Å². The standard InChI is InChI=1S/C9H17NO3/c1-13-8(12)9(10-6-7-11)4-2-3-5-9/h10-11H,2-7H2,1H3. The molecule has 0 amide bonds. The lowest BCUT2D eigenvalue weighted by atomic mass is 9.98. The van der Waals surface area contributed by atoms with Crippen molar-refractivity contribution in [3.8, 4) is 0 Å². The van der Waals surface area contributed by atoms with Crippen molar-refractivity contribution in [2.75, 3.05) is 20.3 Å². The second kappa shape index (κ2) is 4.58. The maximum Gasteiger partial charge on any atom is 0.326 e. The molecule has 1 aliphatic carbocycles. The number of ether oxygens (including phenoxy) is 1. The van der Waals surface area contributed by atoms with E-state index in [1.165, 1.54) is 7.11 Å². The normalized spacial score (nSPS) is 20.2. The summed E-state index contributed by atoms with van der Waals surface area (Å²) in [4.78, 5) is 11.5. The van der Waals surface area contributed by atoms with Crippen LogP contribution in [-0.2, 0) is 9.53 Å². The molecule has 0 saturated heterocycles. The molecule has 1 aliphatic rings. The van der Waals surface area contributed by atoms with E-state index in [2.05, 4.69) is 5.32 Å². The van der Waals surface area contributed by atoms with Crippen molar-refractivity contribution >= 4 is 5.97 Å². The number of nitrogens with one attached hydrogen (secondary N) is 1.